The van der Waals surface area contributed by atoms with Crippen molar-refractivity contribution < 1.29 is 21.8 Å². The molecule has 0 fully saturated rings. The fraction of sp³-hybridized carbons (Fsp3) is 1.00. The number of nitrogens with one attached hydrogen (secondary N) is 2. The average Bonchev–Trinajstić information content (AvgIpc) is 2.80. The van der Waals surface area contributed by atoms with E-state index in [4.69, 9.17) is 21.8 Å². The standard InChI is InChI=1S/C22H52N2O5Si2/c1-7-9-11-13-17-23-19-15-21-30(25-3,26-4)29-31(27-5,28-6)22-16-20-24-18-14-12-10-8-2/h23-24H,7-22H2,1-6H3. The first kappa shape index (κ1) is 31.2. The zero-order chi connectivity index (χ0) is 23.3. The minimum atomic E-state index is -2.84. The summed E-state index contributed by atoms with van der Waals surface area (Å²) in [4.78, 5) is 0. The van der Waals surface area contributed by atoms with Crippen LogP contribution < -0.4 is 10.6 Å². The highest BCUT2D eigenvalue weighted by Gasteiger charge is 2.51. The Morgan fingerprint density at radius 1 is 0.484 bits per heavy atom. The molecule has 0 saturated carbocycles. The van der Waals surface area contributed by atoms with Gasteiger partial charge in [0.1, 0.15) is 0 Å². The summed E-state index contributed by atoms with van der Waals surface area (Å²) in [6.07, 6.45) is 12.1. The lowest BCUT2D eigenvalue weighted by atomic mass is 10.2. The first-order valence-electron chi connectivity index (χ1n) is 12.4. The smallest absolute Gasteiger partial charge is 0.377 e. The highest BCUT2D eigenvalue weighted by atomic mass is 28.5. The Kier molecular flexibility index (Phi) is 20.8. The number of hydrogen-bond donors (Lipinski definition) is 2. The quantitative estimate of drug-likeness (QED) is 0.155. The molecule has 0 aromatic carbocycles. The van der Waals surface area contributed by atoms with E-state index in [9.17, 15) is 0 Å². The van der Waals surface area contributed by atoms with Gasteiger partial charge in [-0.2, -0.15) is 0 Å². The molecule has 0 saturated heterocycles. The van der Waals surface area contributed by atoms with E-state index in [1.54, 1.807) is 28.4 Å². The molecule has 31 heavy (non-hydrogen) atoms. The Morgan fingerprint density at radius 3 is 1.16 bits per heavy atom. The molecule has 0 bridgehead atoms. The second-order valence-electron chi connectivity index (χ2n) is 8.11. The van der Waals surface area contributed by atoms with Gasteiger partial charge in [0.05, 0.1) is 0 Å². The van der Waals surface area contributed by atoms with Crippen LogP contribution in [0.25, 0.3) is 0 Å². The normalized spacial score (nSPS) is 12.6. The molecule has 0 aromatic rings. The van der Waals surface area contributed by atoms with E-state index >= 15 is 0 Å². The molecule has 0 rings (SSSR count). The molecule has 188 valence electrons. The van der Waals surface area contributed by atoms with Crippen LogP contribution in [-0.2, 0) is 21.8 Å². The molecule has 0 atom stereocenters. The predicted molar refractivity (Wildman–Crippen MR) is 134 cm³/mol. The van der Waals surface area contributed by atoms with Crippen LogP contribution in [0.5, 0.6) is 0 Å². The summed E-state index contributed by atoms with van der Waals surface area (Å²) in [6, 6.07) is 1.50. The molecule has 0 spiro atoms. The Bertz CT molecular complexity index is 353. The van der Waals surface area contributed by atoms with Gasteiger partial charge in [-0.15, -0.1) is 0 Å². The molecular formula is C22H52N2O5Si2. The van der Waals surface area contributed by atoms with Gasteiger partial charge in [0.2, 0.25) is 0 Å². The Morgan fingerprint density at radius 2 is 0.839 bits per heavy atom. The van der Waals surface area contributed by atoms with E-state index in [-0.39, 0.29) is 0 Å². The summed E-state index contributed by atoms with van der Waals surface area (Å²) < 4.78 is 29.7. The first-order chi connectivity index (χ1) is 15.1. The molecule has 0 amide bonds. The fourth-order valence-corrected chi connectivity index (χ4v) is 9.96. The van der Waals surface area contributed by atoms with Crippen LogP contribution >= 0.6 is 0 Å². The van der Waals surface area contributed by atoms with Crippen molar-refractivity contribution in [3.05, 3.63) is 0 Å². The minimum absolute atomic E-state index is 0.749. The van der Waals surface area contributed by atoms with Crippen LogP contribution in [0.3, 0.4) is 0 Å². The summed E-state index contributed by atoms with van der Waals surface area (Å²) in [5.74, 6) is 0. The zero-order valence-electron chi connectivity index (χ0n) is 21.4. The van der Waals surface area contributed by atoms with E-state index in [0.29, 0.717) is 0 Å². The van der Waals surface area contributed by atoms with E-state index in [0.717, 1.165) is 51.1 Å². The maximum absolute atomic E-state index is 6.48. The van der Waals surface area contributed by atoms with Crippen LogP contribution in [0.15, 0.2) is 0 Å². The molecule has 0 heterocycles. The van der Waals surface area contributed by atoms with Crippen LogP contribution in [0.1, 0.15) is 78.1 Å². The van der Waals surface area contributed by atoms with E-state index in [1.165, 1.54) is 51.4 Å². The van der Waals surface area contributed by atoms with Crippen LogP contribution in [0.2, 0.25) is 12.1 Å². The summed E-state index contributed by atoms with van der Waals surface area (Å²) in [7, 11) is 1.03. The molecule has 0 unspecified atom stereocenters. The Hall–Kier alpha value is 0.154. The van der Waals surface area contributed by atoms with E-state index in [2.05, 4.69) is 24.5 Å². The molecule has 7 nitrogen and oxygen atoms in total. The van der Waals surface area contributed by atoms with Gasteiger partial charge in [-0.05, 0) is 51.9 Å². The van der Waals surface area contributed by atoms with Crippen molar-refractivity contribution in [3.63, 3.8) is 0 Å². The number of rotatable bonds is 24. The highest BCUT2D eigenvalue weighted by molar-refractivity contribution is 6.74. The zero-order valence-corrected chi connectivity index (χ0v) is 23.4. The molecular weight excluding hydrogens is 428 g/mol. The van der Waals surface area contributed by atoms with Crippen molar-refractivity contribution in [2.24, 2.45) is 0 Å². The molecule has 0 aromatic heterocycles. The Balaban J connectivity index is 4.43. The van der Waals surface area contributed by atoms with E-state index in [1.807, 2.05) is 0 Å². The third kappa shape index (κ3) is 14.8. The van der Waals surface area contributed by atoms with Crippen molar-refractivity contribution in [2.45, 2.75) is 90.1 Å². The third-order valence-corrected chi connectivity index (χ3v) is 12.6. The van der Waals surface area contributed by atoms with Crippen molar-refractivity contribution in [3.8, 4) is 0 Å². The summed E-state index contributed by atoms with van der Waals surface area (Å²) in [6.45, 7) is 8.48. The monoisotopic (exact) mass is 480 g/mol. The third-order valence-electron chi connectivity index (χ3n) is 5.64. The summed E-state index contributed by atoms with van der Waals surface area (Å²) in [5, 5.41) is 7.04. The fourth-order valence-electron chi connectivity index (χ4n) is 3.54. The van der Waals surface area contributed by atoms with Crippen molar-refractivity contribution in [1.82, 2.24) is 10.6 Å². The van der Waals surface area contributed by atoms with Gasteiger partial charge in [-0.3, -0.25) is 0 Å². The number of hydrogen-bond acceptors (Lipinski definition) is 7. The summed E-state index contributed by atoms with van der Waals surface area (Å²) in [5.41, 5.74) is 0. The van der Waals surface area contributed by atoms with Gasteiger partial charge in [-0.25, -0.2) is 0 Å². The van der Waals surface area contributed by atoms with Crippen molar-refractivity contribution >= 4 is 17.6 Å². The Labute approximate surface area is 195 Å². The SMILES string of the molecule is CCCCCCNCCC[Si](OC)(OC)O[Si](CCCNCCCCCC)(OC)OC. The highest BCUT2D eigenvalue weighted by Crippen LogP contribution is 2.26. The van der Waals surface area contributed by atoms with Crippen molar-refractivity contribution in [2.75, 3.05) is 54.6 Å². The maximum atomic E-state index is 6.48. The van der Waals surface area contributed by atoms with Gasteiger partial charge in [-0.1, -0.05) is 52.4 Å². The first-order valence-corrected chi connectivity index (χ1v) is 16.3. The topological polar surface area (TPSA) is 70.2 Å². The average molecular weight is 481 g/mol. The van der Waals surface area contributed by atoms with Crippen LogP contribution in [0, 0.1) is 0 Å². The van der Waals surface area contributed by atoms with Gasteiger partial charge in [0, 0.05) is 40.5 Å². The van der Waals surface area contributed by atoms with Crippen molar-refractivity contribution in [1.29, 1.82) is 0 Å². The van der Waals surface area contributed by atoms with E-state index < -0.39 is 17.6 Å². The summed E-state index contributed by atoms with van der Waals surface area (Å²) >= 11 is 0. The molecule has 0 aliphatic heterocycles. The maximum Gasteiger partial charge on any atom is 0.493 e. The largest absolute Gasteiger partial charge is 0.493 e. The van der Waals surface area contributed by atoms with Gasteiger partial charge >= 0.3 is 17.6 Å². The molecule has 9 heteroatoms. The molecule has 0 aliphatic rings. The second-order valence-corrected chi connectivity index (χ2v) is 14.3. The lowest BCUT2D eigenvalue weighted by Gasteiger charge is -2.35. The minimum Gasteiger partial charge on any atom is -0.377 e. The van der Waals surface area contributed by atoms with Gasteiger partial charge in [0.25, 0.3) is 0 Å². The van der Waals surface area contributed by atoms with Gasteiger partial charge in [0.15, 0.2) is 0 Å². The van der Waals surface area contributed by atoms with Crippen LogP contribution in [0.4, 0.5) is 0 Å². The molecule has 2 N–H and O–H groups in total. The molecule has 0 radical (unpaired) electrons. The lowest BCUT2D eigenvalue weighted by molar-refractivity contribution is 0.0859. The lowest BCUT2D eigenvalue weighted by Crippen LogP contribution is -2.57. The molecule has 0 aliphatic carbocycles. The number of unbranched alkanes of at least 4 members (excludes halogenated alkanes) is 6. The predicted octanol–water partition coefficient (Wildman–Crippen LogP) is 4.59. The van der Waals surface area contributed by atoms with Crippen LogP contribution in [-0.4, -0.2) is 72.2 Å². The van der Waals surface area contributed by atoms with Gasteiger partial charge < -0.3 is 32.5 Å². The second kappa shape index (κ2) is 20.7.